The zero-order chi connectivity index (χ0) is 13.2. The summed E-state index contributed by atoms with van der Waals surface area (Å²) < 4.78 is 0. The molecule has 0 aromatic rings. The van der Waals surface area contributed by atoms with E-state index in [0.717, 1.165) is 39.0 Å². The van der Waals surface area contributed by atoms with E-state index < -0.39 is 0 Å². The van der Waals surface area contributed by atoms with Crippen LogP contribution in [0.25, 0.3) is 0 Å². The standard InChI is InChI=1S/C14H23N3O/c1-14(2)5-3-4-12(14)13(18)17-10-8-16(7-6-15)9-11-17/h12H,3-5,7-11H2,1-2H3. The van der Waals surface area contributed by atoms with Crippen molar-refractivity contribution in [3.8, 4) is 6.07 Å². The van der Waals surface area contributed by atoms with Crippen LogP contribution >= 0.6 is 0 Å². The fourth-order valence-corrected chi connectivity index (χ4v) is 3.23. The van der Waals surface area contributed by atoms with Gasteiger partial charge in [0, 0.05) is 32.1 Å². The summed E-state index contributed by atoms with van der Waals surface area (Å²) in [5, 5.41) is 8.66. The summed E-state index contributed by atoms with van der Waals surface area (Å²) in [6, 6.07) is 2.17. The first-order valence-electron chi connectivity index (χ1n) is 6.93. The number of carbonyl (C=O) groups excluding carboxylic acids is 1. The number of rotatable bonds is 2. The summed E-state index contributed by atoms with van der Waals surface area (Å²) in [4.78, 5) is 16.6. The van der Waals surface area contributed by atoms with E-state index >= 15 is 0 Å². The summed E-state index contributed by atoms with van der Waals surface area (Å²) >= 11 is 0. The molecule has 4 nitrogen and oxygen atoms in total. The van der Waals surface area contributed by atoms with Gasteiger partial charge in [0.2, 0.25) is 5.91 Å². The Balaban J connectivity index is 1.90. The molecule has 1 saturated carbocycles. The maximum atomic E-state index is 12.5. The van der Waals surface area contributed by atoms with E-state index in [9.17, 15) is 4.79 Å². The number of carbonyl (C=O) groups is 1. The lowest BCUT2D eigenvalue weighted by atomic mass is 9.81. The molecule has 1 saturated heterocycles. The van der Waals surface area contributed by atoms with Crippen LogP contribution in [0.1, 0.15) is 33.1 Å². The van der Waals surface area contributed by atoms with Gasteiger partial charge in [-0.3, -0.25) is 9.69 Å². The molecule has 1 aliphatic heterocycles. The number of nitriles is 1. The van der Waals surface area contributed by atoms with E-state index in [2.05, 4.69) is 24.8 Å². The molecule has 1 amide bonds. The zero-order valence-corrected chi connectivity index (χ0v) is 11.5. The molecule has 0 bridgehead atoms. The zero-order valence-electron chi connectivity index (χ0n) is 11.5. The normalized spacial score (nSPS) is 28.1. The van der Waals surface area contributed by atoms with Crippen LogP contribution in [0, 0.1) is 22.7 Å². The van der Waals surface area contributed by atoms with E-state index in [4.69, 9.17) is 5.26 Å². The summed E-state index contributed by atoms with van der Waals surface area (Å²) in [5.74, 6) is 0.550. The van der Waals surface area contributed by atoms with Gasteiger partial charge < -0.3 is 4.90 Å². The van der Waals surface area contributed by atoms with Crippen molar-refractivity contribution < 1.29 is 4.79 Å². The van der Waals surface area contributed by atoms with Crippen molar-refractivity contribution in [2.75, 3.05) is 32.7 Å². The van der Waals surface area contributed by atoms with E-state index in [1.54, 1.807) is 0 Å². The molecule has 100 valence electrons. The highest BCUT2D eigenvalue weighted by Crippen LogP contribution is 2.43. The summed E-state index contributed by atoms with van der Waals surface area (Å²) in [7, 11) is 0. The molecule has 4 heteroatoms. The minimum absolute atomic E-state index is 0.168. The van der Waals surface area contributed by atoms with Crippen LogP contribution in [-0.2, 0) is 4.79 Å². The third-order valence-electron chi connectivity index (χ3n) is 4.53. The van der Waals surface area contributed by atoms with E-state index in [-0.39, 0.29) is 11.3 Å². The first-order valence-corrected chi connectivity index (χ1v) is 6.93. The maximum Gasteiger partial charge on any atom is 0.226 e. The lowest BCUT2D eigenvalue weighted by Gasteiger charge is -2.37. The van der Waals surface area contributed by atoms with Gasteiger partial charge in [0.1, 0.15) is 0 Å². The van der Waals surface area contributed by atoms with Gasteiger partial charge in [0.05, 0.1) is 12.6 Å². The molecule has 1 heterocycles. The lowest BCUT2D eigenvalue weighted by Crippen LogP contribution is -2.51. The Morgan fingerprint density at radius 1 is 1.33 bits per heavy atom. The van der Waals surface area contributed by atoms with Gasteiger partial charge in [-0.2, -0.15) is 5.26 Å². The lowest BCUT2D eigenvalue weighted by molar-refractivity contribution is -0.140. The Labute approximate surface area is 110 Å². The fraction of sp³-hybridized carbons (Fsp3) is 0.857. The van der Waals surface area contributed by atoms with Crippen LogP contribution in [0.5, 0.6) is 0 Å². The monoisotopic (exact) mass is 249 g/mol. The predicted octanol–water partition coefficient (Wildman–Crippen LogP) is 1.48. The highest BCUT2D eigenvalue weighted by Gasteiger charge is 2.41. The summed E-state index contributed by atoms with van der Waals surface area (Å²) in [6.07, 6.45) is 3.39. The fourth-order valence-electron chi connectivity index (χ4n) is 3.23. The molecule has 0 spiro atoms. The Morgan fingerprint density at radius 2 is 2.00 bits per heavy atom. The Bertz CT molecular complexity index is 351. The van der Waals surface area contributed by atoms with Gasteiger partial charge in [0.15, 0.2) is 0 Å². The second kappa shape index (κ2) is 5.27. The third kappa shape index (κ3) is 2.67. The molecular formula is C14H23N3O. The molecule has 0 aromatic carbocycles. The second-order valence-electron chi connectivity index (χ2n) is 6.19. The van der Waals surface area contributed by atoms with Crippen LogP contribution in [0.15, 0.2) is 0 Å². The van der Waals surface area contributed by atoms with E-state index in [0.29, 0.717) is 12.5 Å². The molecule has 2 rings (SSSR count). The number of nitrogens with zero attached hydrogens (tertiary/aromatic N) is 3. The first-order chi connectivity index (χ1) is 8.54. The van der Waals surface area contributed by atoms with Gasteiger partial charge in [-0.25, -0.2) is 0 Å². The molecular weight excluding hydrogens is 226 g/mol. The van der Waals surface area contributed by atoms with Crippen molar-refractivity contribution in [2.24, 2.45) is 11.3 Å². The van der Waals surface area contributed by atoms with Crippen molar-refractivity contribution in [1.82, 2.24) is 9.80 Å². The summed E-state index contributed by atoms with van der Waals surface area (Å²) in [5.41, 5.74) is 0.168. The number of hydrogen-bond acceptors (Lipinski definition) is 3. The molecule has 0 aromatic heterocycles. The highest BCUT2D eigenvalue weighted by molar-refractivity contribution is 5.80. The predicted molar refractivity (Wildman–Crippen MR) is 69.8 cm³/mol. The van der Waals surface area contributed by atoms with Crippen molar-refractivity contribution in [3.63, 3.8) is 0 Å². The quantitative estimate of drug-likeness (QED) is 0.696. The van der Waals surface area contributed by atoms with Crippen LogP contribution < -0.4 is 0 Å². The number of amides is 1. The minimum atomic E-state index is 0.168. The number of hydrogen-bond donors (Lipinski definition) is 0. The van der Waals surface area contributed by atoms with Gasteiger partial charge >= 0.3 is 0 Å². The van der Waals surface area contributed by atoms with Gasteiger partial charge in [0.25, 0.3) is 0 Å². The maximum absolute atomic E-state index is 12.5. The smallest absolute Gasteiger partial charge is 0.226 e. The van der Waals surface area contributed by atoms with E-state index in [1.165, 1.54) is 6.42 Å². The Morgan fingerprint density at radius 3 is 2.50 bits per heavy atom. The molecule has 0 N–H and O–H groups in total. The first kappa shape index (κ1) is 13.4. The highest BCUT2D eigenvalue weighted by atomic mass is 16.2. The van der Waals surface area contributed by atoms with Crippen LogP contribution in [-0.4, -0.2) is 48.4 Å². The second-order valence-corrected chi connectivity index (χ2v) is 6.19. The topological polar surface area (TPSA) is 47.3 Å². The molecule has 1 aliphatic carbocycles. The van der Waals surface area contributed by atoms with Crippen molar-refractivity contribution in [2.45, 2.75) is 33.1 Å². The molecule has 2 aliphatic rings. The van der Waals surface area contributed by atoms with Gasteiger partial charge in [-0.15, -0.1) is 0 Å². The number of piperazine rings is 1. The molecule has 2 fully saturated rings. The average Bonchev–Trinajstić information content (AvgIpc) is 2.69. The van der Waals surface area contributed by atoms with Crippen LogP contribution in [0.4, 0.5) is 0 Å². The average molecular weight is 249 g/mol. The van der Waals surface area contributed by atoms with Crippen molar-refractivity contribution in [1.29, 1.82) is 5.26 Å². The van der Waals surface area contributed by atoms with Gasteiger partial charge in [-0.05, 0) is 18.3 Å². The Kier molecular flexibility index (Phi) is 3.91. The third-order valence-corrected chi connectivity index (χ3v) is 4.53. The van der Waals surface area contributed by atoms with Crippen LogP contribution in [0.3, 0.4) is 0 Å². The SMILES string of the molecule is CC1(C)CCCC1C(=O)N1CCN(CC#N)CC1. The molecule has 18 heavy (non-hydrogen) atoms. The largest absolute Gasteiger partial charge is 0.340 e. The molecule has 0 radical (unpaired) electrons. The van der Waals surface area contributed by atoms with Crippen LogP contribution in [0.2, 0.25) is 0 Å². The van der Waals surface area contributed by atoms with E-state index in [1.807, 2.05) is 4.90 Å². The molecule has 1 atom stereocenters. The Hall–Kier alpha value is -1.08. The van der Waals surface area contributed by atoms with Crippen molar-refractivity contribution >= 4 is 5.91 Å². The van der Waals surface area contributed by atoms with Crippen molar-refractivity contribution in [3.05, 3.63) is 0 Å². The molecule has 1 unspecified atom stereocenters. The minimum Gasteiger partial charge on any atom is -0.340 e. The summed E-state index contributed by atoms with van der Waals surface area (Å²) in [6.45, 7) is 8.17. The van der Waals surface area contributed by atoms with Gasteiger partial charge in [-0.1, -0.05) is 20.3 Å².